The van der Waals surface area contributed by atoms with Gasteiger partial charge >= 0.3 is 5.97 Å². The molecule has 1 unspecified atom stereocenters. The maximum absolute atomic E-state index is 12.3. The number of carboxylic acids is 1. The largest absolute Gasteiger partial charge is 0.479 e. The maximum Gasteiger partial charge on any atom is 0.329 e. The van der Waals surface area contributed by atoms with Crippen LogP contribution in [0.25, 0.3) is 0 Å². The number of hydrogen-bond acceptors (Lipinski definition) is 3. The van der Waals surface area contributed by atoms with E-state index in [9.17, 15) is 14.7 Å². The summed E-state index contributed by atoms with van der Waals surface area (Å²) in [7, 11) is 0. The van der Waals surface area contributed by atoms with Gasteiger partial charge in [0, 0.05) is 17.8 Å². The summed E-state index contributed by atoms with van der Waals surface area (Å²) in [6, 6.07) is 4.08. The third-order valence-electron chi connectivity index (χ3n) is 4.17. The third kappa shape index (κ3) is 2.87. The highest BCUT2D eigenvalue weighted by Crippen LogP contribution is 2.33. The zero-order chi connectivity index (χ0) is 14.6. The Morgan fingerprint density at radius 3 is 2.90 bits per heavy atom. The molecule has 2 rings (SSSR count). The molecule has 1 N–H and O–H groups in total. The molecular formula is C15H21NO3S. The number of carboxylic acid groups (broad SMARTS) is 1. The van der Waals surface area contributed by atoms with Gasteiger partial charge in [0.1, 0.15) is 5.54 Å². The summed E-state index contributed by atoms with van der Waals surface area (Å²) < 4.78 is 0. The van der Waals surface area contributed by atoms with Crippen molar-refractivity contribution in [3.63, 3.8) is 0 Å². The molecule has 4 nitrogen and oxygen atoms in total. The molecule has 0 aliphatic carbocycles. The summed E-state index contributed by atoms with van der Waals surface area (Å²) in [5.41, 5.74) is -0.958. The quantitative estimate of drug-likeness (QED) is 0.878. The number of rotatable bonds is 6. The Morgan fingerprint density at radius 1 is 1.50 bits per heavy atom. The highest BCUT2D eigenvalue weighted by atomic mass is 32.1. The van der Waals surface area contributed by atoms with Crippen LogP contribution in [-0.2, 0) is 16.0 Å². The third-order valence-corrected chi connectivity index (χ3v) is 5.10. The first-order valence-corrected chi connectivity index (χ1v) is 8.04. The fourth-order valence-electron chi connectivity index (χ4n) is 2.99. The van der Waals surface area contributed by atoms with Crippen molar-refractivity contribution in [2.45, 2.75) is 51.0 Å². The molecule has 0 bridgehead atoms. The van der Waals surface area contributed by atoms with Crippen LogP contribution in [0.15, 0.2) is 17.5 Å². The maximum atomic E-state index is 12.3. The van der Waals surface area contributed by atoms with E-state index in [0.717, 1.165) is 19.3 Å². The van der Waals surface area contributed by atoms with Crippen molar-refractivity contribution < 1.29 is 14.7 Å². The average molecular weight is 295 g/mol. The Morgan fingerprint density at radius 2 is 2.30 bits per heavy atom. The van der Waals surface area contributed by atoms with Crippen LogP contribution in [0.3, 0.4) is 0 Å². The van der Waals surface area contributed by atoms with Gasteiger partial charge in [-0.2, -0.15) is 0 Å². The SMILES string of the molecule is CCC1(C(=O)O)CCCN1C(=O)CCCc1cccs1. The first-order valence-electron chi connectivity index (χ1n) is 7.16. The number of aliphatic carboxylic acids is 1. The van der Waals surface area contributed by atoms with Gasteiger partial charge in [-0.15, -0.1) is 11.3 Å². The Balaban J connectivity index is 1.92. The number of thiophene rings is 1. The summed E-state index contributed by atoms with van der Waals surface area (Å²) in [6.07, 6.45) is 3.97. The second kappa shape index (κ2) is 6.39. The summed E-state index contributed by atoms with van der Waals surface area (Å²) in [4.78, 5) is 26.7. The van der Waals surface area contributed by atoms with Crippen LogP contribution in [0.1, 0.15) is 43.9 Å². The van der Waals surface area contributed by atoms with Gasteiger partial charge in [-0.25, -0.2) is 4.79 Å². The highest BCUT2D eigenvalue weighted by molar-refractivity contribution is 7.09. The number of carbonyl (C=O) groups excluding carboxylic acids is 1. The van der Waals surface area contributed by atoms with E-state index < -0.39 is 11.5 Å². The van der Waals surface area contributed by atoms with Crippen molar-refractivity contribution in [3.05, 3.63) is 22.4 Å². The lowest BCUT2D eigenvalue weighted by Crippen LogP contribution is -2.52. The predicted octanol–water partition coefficient (Wildman–Crippen LogP) is 2.93. The molecule has 1 aromatic rings. The number of hydrogen-bond donors (Lipinski definition) is 1. The van der Waals surface area contributed by atoms with Crippen molar-refractivity contribution in [1.82, 2.24) is 4.90 Å². The van der Waals surface area contributed by atoms with Crippen LogP contribution in [-0.4, -0.2) is 34.0 Å². The zero-order valence-corrected chi connectivity index (χ0v) is 12.6. The fourth-order valence-corrected chi connectivity index (χ4v) is 3.74. The van der Waals surface area contributed by atoms with Crippen LogP contribution in [0.5, 0.6) is 0 Å². The van der Waals surface area contributed by atoms with E-state index >= 15 is 0 Å². The molecule has 0 aromatic carbocycles. The van der Waals surface area contributed by atoms with E-state index in [1.165, 1.54) is 4.88 Å². The van der Waals surface area contributed by atoms with Gasteiger partial charge in [0.2, 0.25) is 5.91 Å². The van der Waals surface area contributed by atoms with Crippen molar-refractivity contribution in [1.29, 1.82) is 0 Å². The Labute approximate surface area is 123 Å². The van der Waals surface area contributed by atoms with Crippen LogP contribution >= 0.6 is 11.3 Å². The van der Waals surface area contributed by atoms with E-state index in [1.807, 2.05) is 18.4 Å². The first-order chi connectivity index (χ1) is 9.60. The van der Waals surface area contributed by atoms with Gasteiger partial charge in [-0.1, -0.05) is 13.0 Å². The summed E-state index contributed by atoms with van der Waals surface area (Å²) >= 11 is 1.70. The number of likely N-dealkylation sites (tertiary alicyclic amines) is 1. The van der Waals surface area contributed by atoms with Crippen LogP contribution in [0, 0.1) is 0 Å². The minimum atomic E-state index is -0.958. The minimum Gasteiger partial charge on any atom is -0.479 e. The van der Waals surface area contributed by atoms with E-state index in [-0.39, 0.29) is 5.91 Å². The molecule has 2 heterocycles. The van der Waals surface area contributed by atoms with Gasteiger partial charge in [0.15, 0.2) is 0 Å². The van der Waals surface area contributed by atoms with Gasteiger partial charge in [0.25, 0.3) is 0 Å². The van der Waals surface area contributed by atoms with Crippen molar-refractivity contribution in [2.75, 3.05) is 6.54 Å². The second-order valence-electron chi connectivity index (χ2n) is 5.27. The summed E-state index contributed by atoms with van der Waals surface area (Å²) in [6.45, 7) is 2.43. The average Bonchev–Trinajstić information content (AvgIpc) is 3.07. The predicted molar refractivity (Wildman–Crippen MR) is 78.9 cm³/mol. The van der Waals surface area contributed by atoms with Crippen molar-refractivity contribution in [2.24, 2.45) is 0 Å². The molecule has 1 aliphatic rings. The first kappa shape index (κ1) is 15.0. The van der Waals surface area contributed by atoms with Crippen molar-refractivity contribution in [3.8, 4) is 0 Å². The molecule has 20 heavy (non-hydrogen) atoms. The van der Waals surface area contributed by atoms with E-state index in [2.05, 4.69) is 6.07 Å². The van der Waals surface area contributed by atoms with Crippen LogP contribution in [0.4, 0.5) is 0 Å². The lowest BCUT2D eigenvalue weighted by atomic mass is 9.92. The molecule has 1 saturated heterocycles. The fraction of sp³-hybridized carbons (Fsp3) is 0.600. The van der Waals surface area contributed by atoms with E-state index in [0.29, 0.717) is 25.8 Å². The number of amides is 1. The molecule has 5 heteroatoms. The summed E-state index contributed by atoms with van der Waals surface area (Å²) in [5.74, 6) is -0.868. The molecule has 1 fully saturated rings. The Bertz CT molecular complexity index is 471. The number of carbonyl (C=O) groups is 2. The van der Waals surface area contributed by atoms with E-state index in [1.54, 1.807) is 16.2 Å². The monoisotopic (exact) mass is 295 g/mol. The smallest absolute Gasteiger partial charge is 0.329 e. The molecule has 110 valence electrons. The van der Waals surface area contributed by atoms with E-state index in [4.69, 9.17) is 0 Å². The lowest BCUT2D eigenvalue weighted by molar-refractivity contribution is -0.156. The zero-order valence-electron chi connectivity index (χ0n) is 11.8. The normalized spacial score (nSPS) is 22.1. The standard InChI is InChI=1S/C15H21NO3S/c1-2-15(14(18)19)9-5-10-16(15)13(17)8-3-6-12-7-4-11-20-12/h4,7,11H,2-3,5-6,8-10H2,1H3,(H,18,19). The molecule has 1 aromatic heterocycles. The van der Waals surface area contributed by atoms with Gasteiger partial charge in [-0.3, -0.25) is 4.79 Å². The van der Waals surface area contributed by atoms with Crippen LogP contribution in [0.2, 0.25) is 0 Å². The topological polar surface area (TPSA) is 57.6 Å². The Kier molecular flexibility index (Phi) is 4.81. The van der Waals surface area contributed by atoms with Crippen molar-refractivity contribution >= 4 is 23.2 Å². The molecule has 1 aliphatic heterocycles. The minimum absolute atomic E-state index is 0.0108. The van der Waals surface area contributed by atoms with Gasteiger partial charge in [-0.05, 0) is 43.6 Å². The number of aryl methyl sites for hydroxylation is 1. The van der Waals surface area contributed by atoms with Gasteiger partial charge < -0.3 is 10.0 Å². The Hall–Kier alpha value is -1.36. The van der Waals surface area contributed by atoms with Crippen LogP contribution < -0.4 is 0 Å². The molecular weight excluding hydrogens is 274 g/mol. The molecule has 1 atom stereocenters. The second-order valence-corrected chi connectivity index (χ2v) is 6.30. The molecule has 0 spiro atoms. The van der Waals surface area contributed by atoms with Gasteiger partial charge in [0.05, 0.1) is 0 Å². The summed E-state index contributed by atoms with van der Waals surface area (Å²) in [5, 5.41) is 11.5. The molecule has 1 amide bonds. The number of nitrogens with zero attached hydrogens (tertiary/aromatic N) is 1. The lowest BCUT2D eigenvalue weighted by Gasteiger charge is -2.34. The molecule has 0 saturated carbocycles. The molecule has 0 radical (unpaired) electrons. The highest BCUT2D eigenvalue weighted by Gasteiger charge is 2.48.